The van der Waals surface area contributed by atoms with Gasteiger partial charge in [0.2, 0.25) is 0 Å². The first-order chi connectivity index (χ1) is 12.1. The highest BCUT2D eigenvalue weighted by Crippen LogP contribution is 2.33. The van der Waals surface area contributed by atoms with E-state index in [2.05, 4.69) is 0 Å². The third-order valence-electron chi connectivity index (χ3n) is 4.85. The lowest BCUT2D eigenvalue weighted by Crippen LogP contribution is -2.38. The molecule has 0 saturated heterocycles. The monoisotopic (exact) mass is 339 g/mol. The van der Waals surface area contributed by atoms with E-state index in [0.29, 0.717) is 24.3 Å². The maximum absolute atomic E-state index is 13.6. The van der Waals surface area contributed by atoms with Crippen molar-refractivity contribution in [2.45, 2.75) is 19.4 Å². The van der Waals surface area contributed by atoms with Crippen LogP contribution < -0.4 is 4.74 Å². The number of carbonyl (C=O) groups excluding carboxylic acids is 1. The van der Waals surface area contributed by atoms with E-state index in [1.807, 2.05) is 19.1 Å². The zero-order valence-corrected chi connectivity index (χ0v) is 14.1. The number of ether oxygens (including phenoxy) is 1. The Hall–Kier alpha value is -2.82. The number of carbonyl (C=O) groups is 1. The molecular formula is C20H18FNO3. The normalized spacial score (nSPS) is 16.8. The molecule has 0 bridgehead atoms. The van der Waals surface area contributed by atoms with Gasteiger partial charge in [-0.05, 0) is 48.7 Å². The van der Waals surface area contributed by atoms with Crippen molar-refractivity contribution in [2.24, 2.45) is 0 Å². The Kier molecular flexibility index (Phi) is 3.71. The van der Waals surface area contributed by atoms with Gasteiger partial charge >= 0.3 is 0 Å². The average molecular weight is 339 g/mol. The zero-order valence-electron chi connectivity index (χ0n) is 14.1. The molecule has 25 heavy (non-hydrogen) atoms. The molecule has 0 saturated carbocycles. The van der Waals surface area contributed by atoms with Crippen molar-refractivity contribution < 1.29 is 18.3 Å². The number of para-hydroxylation sites is 1. The quantitative estimate of drug-likeness (QED) is 0.697. The van der Waals surface area contributed by atoms with Gasteiger partial charge in [-0.15, -0.1) is 0 Å². The number of nitrogens with zero attached hydrogens (tertiary/aromatic N) is 1. The van der Waals surface area contributed by atoms with Crippen LogP contribution in [0.3, 0.4) is 0 Å². The molecule has 0 N–H and O–H groups in total. The average Bonchev–Trinajstić information content (AvgIpc) is 3.06. The number of rotatable bonds is 2. The van der Waals surface area contributed by atoms with Gasteiger partial charge < -0.3 is 14.1 Å². The summed E-state index contributed by atoms with van der Waals surface area (Å²) in [7, 11) is 1.57. The van der Waals surface area contributed by atoms with Gasteiger partial charge in [-0.3, -0.25) is 4.79 Å². The summed E-state index contributed by atoms with van der Waals surface area (Å²) in [5.41, 5.74) is 2.50. The summed E-state index contributed by atoms with van der Waals surface area (Å²) in [6.45, 7) is 2.49. The number of methoxy groups -OCH3 is 1. The largest absolute Gasteiger partial charge is 0.493 e. The smallest absolute Gasteiger partial charge is 0.290 e. The fourth-order valence-corrected chi connectivity index (χ4v) is 3.51. The van der Waals surface area contributed by atoms with E-state index in [4.69, 9.17) is 9.15 Å². The first kappa shape index (κ1) is 15.7. The minimum atomic E-state index is -0.284. The summed E-state index contributed by atoms with van der Waals surface area (Å²) in [6.07, 6.45) is 0.704. The molecule has 4 rings (SSSR count). The van der Waals surface area contributed by atoms with Crippen LogP contribution in [0.5, 0.6) is 5.75 Å². The Morgan fingerprint density at radius 2 is 2.12 bits per heavy atom. The topological polar surface area (TPSA) is 42.7 Å². The van der Waals surface area contributed by atoms with E-state index in [-0.39, 0.29) is 23.5 Å². The molecule has 0 fully saturated rings. The van der Waals surface area contributed by atoms with Crippen molar-refractivity contribution in [3.8, 4) is 5.75 Å². The van der Waals surface area contributed by atoms with E-state index in [9.17, 15) is 9.18 Å². The lowest BCUT2D eigenvalue weighted by atomic mass is 9.93. The summed E-state index contributed by atoms with van der Waals surface area (Å²) < 4.78 is 24.7. The molecule has 1 aliphatic heterocycles. The minimum absolute atomic E-state index is 0.194. The Balaban J connectivity index is 1.70. The van der Waals surface area contributed by atoms with Crippen LogP contribution in [0.4, 0.5) is 4.39 Å². The third kappa shape index (κ3) is 2.56. The Labute approximate surface area is 144 Å². The minimum Gasteiger partial charge on any atom is -0.493 e. The molecule has 1 aliphatic rings. The van der Waals surface area contributed by atoms with Crippen LogP contribution >= 0.6 is 0 Å². The van der Waals surface area contributed by atoms with Gasteiger partial charge in [0.05, 0.1) is 13.2 Å². The molecule has 4 nitrogen and oxygen atoms in total. The number of hydrogen-bond acceptors (Lipinski definition) is 3. The van der Waals surface area contributed by atoms with Crippen LogP contribution in [0.2, 0.25) is 0 Å². The van der Waals surface area contributed by atoms with Crippen LogP contribution in [0.1, 0.15) is 34.6 Å². The number of hydrogen-bond donors (Lipinski definition) is 0. The number of fused-ring (bicyclic) bond motifs is 2. The molecule has 0 aliphatic carbocycles. The second kappa shape index (κ2) is 5.92. The van der Waals surface area contributed by atoms with Crippen LogP contribution in [0, 0.1) is 5.82 Å². The molecule has 1 unspecified atom stereocenters. The highest BCUT2D eigenvalue weighted by molar-refractivity contribution is 5.97. The van der Waals surface area contributed by atoms with Crippen molar-refractivity contribution >= 4 is 16.9 Å². The summed E-state index contributed by atoms with van der Waals surface area (Å²) >= 11 is 0. The van der Waals surface area contributed by atoms with Gasteiger partial charge in [-0.1, -0.05) is 18.2 Å². The fourth-order valence-electron chi connectivity index (χ4n) is 3.51. The van der Waals surface area contributed by atoms with Crippen molar-refractivity contribution in [3.05, 3.63) is 65.2 Å². The molecular weight excluding hydrogens is 321 g/mol. The fraction of sp³-hybridized carbons (Fsp3) is 0.250. The summed E-state index contributed by atoms with van der Waals surface area (Å²) in [6, 6.07) is 11.8. The third-order valence-corrected chi connectivity index (χ3v) is 4.85. The maximum Gasteiger partial charge on any atom is 0.290 e. The van der Waals surface area contributed by atoms with E-state index in [1.54, 1.807) is 30.2 Å². The van der Waals surface area contributed by atoms with Gasteiger partial charge in [0.1, 0.15) is 5.82 Å². The first-order valence-corrected chi connectivity index (χ1v) is 8.24. The molecule has 3 aromatic rings. The Bertz CT molecular complexity index is 963. The standard InChI is InChI=1S/C20H18FNO3/c1-12-16-11-15(21)7-6-13(16)8-9-22(12)20(23)18-10-14-4-3-5-17(24-2)19(14)25-18/h3-7,10-12H,8-9H2,1-2H3. The van der Waals surface area contributed by atoms with Gasteiger partial charge in [0.15, 0.2) is 17.1 Å². The highest BCUT2D eigenvalue weighted by Gasteiger charge is 2.30. The summed E-state index contributed by atoms with van der Waals surface area (Å²) in [4.78, 5) is 14.7. The molecule has 1 amide bonds. The van der Waals surface area contributed by atoms with Crippen LogP contribution in [-0.4, -0.2) is 24.5 Å². The van der Waals surface area contributed by atoms with Crippen LogP contribution in [0.15, 0.2) is 46.9 Å². The summed E-state index contributed by atoms with van der Waals surface area (Å²) in [5.74, 6) is 0.385. The van der Waals surface area contributed by atoms with E-state index < -0.39 is 0 Å². The number of benzene rings is 2. The molecule has 2 aromatic carbocycles. The number of halogens is 1. The molecule has 0 spiro atoms. The molecule has 1 aromatic heterocycles. The van der Waals surface area contributed by atoms with Gasteiger partial charge in [-0.2, -0.15) is 0 Å². The molecule has 0 radical (unpaired) electrons. The molecule has 2 heterocycles. The van der Waals surface area contributed by atoms with Gasteiger partial charge in [0, 0.05) is 11.9 Å². The first-order valence-electron chi connectivity index (χ1n) is 8.24. The lowest BCUT2D eigenvalue weighted by molar-refractivity contribution is 0.0646. The van der Waals surface area contributed by atoms with Crippen LogP contribution in [0.25, 0.3) is 11.0 Å². The predicted octanol–water partition coefficient (Wildman–Crippen LogP) is 4.34. The predicted molar refractivity (Wildman–Crippen MR) is 92.3 cm³/mol. The van der Waals surface area contributed by atoms with E-state index >= 15 is 0 Å². The van der Waals surface area contributed by atoms with Gasteiger partial charge in [0.25, 0.3) is 5.91 Å². The van der Waals surface area contributed by atoms with Crippen molar-refractivity contribution in [2.75, 3.05) is 13.7 Å². The Morgan fingerprint density at radius 1 is 1.28 bits per heavy atom. The number of amides is 1. The highest BCUT2D eigenvalue weighted by atomic mass is 19.1. The zero-order chi connectivity index (χ0) is 17.6. The van der Waals surface area contributed by atoms with E-state index in [0.717, 1.165) is 16.5 Å². The van der Waals surface area contributed by atoms with Crippen molar-refractivity contribution in [1.82, 2.24) is 4.90 Å². The lowest BCUT2D eigenvalue weighted by Gasteiger charge is -2.34. The van der Waals surface area contributed by atoms with Crippen molar-refractivity contribution in [1.29, 1.82) is 0 Å². The van der Waals surface area contributed by atoms with Crippen LogP contribution in [-0.2, 0) is 6.42 Å². The molecule has 5 heteroatoms. The van der Waals surface area contributed by atoms with Gasteiger partial charge in [-0.25, -0.2) is 4.39 Å². The number of furan rings is 1. The summed E-state index contributed by atoms with van der Waals surface area (Å²) in [5, 5.41) is 0.818. The Morgan fingerprint density at radius 3 is 2.92 bits per heavy atom. The molecule has 1 atom stereocenters. The van der Waals surface area contributed by atoms with E-state index in [1.165, 1.54) is 12.1 Å². The second-order valence-electron chi connectivity index (χ2n) is 6.26. The second-order valence-corrected chi connectivity index (χ2v) is 6.26. The molecule has 128 valence electrons. The SMILES string of the molecule is COc1cccc2cc(C(=O)N3CCc4ccc(F)cc4C3C)oc12. The van der Waals surface area contributed by atoms with Crippen molar-refractivity contribution in [3.63, 3.8) is 0 Å². The maximum atomic E-state index is 13.6.